The summed E-state index contributed by atoms with van der Waals surface area (Å²) < 4.78 is 0. The Balaban J connectivity index is 1.65. The third-order valence-electron chi connectivity index (χ3n) is 3.02. The van der Waals surface area contributed by atoms with Gasteiger partial charge in [0, 0.05) is 11.8 Å². The number of primary amides is 1. The van der Waals surface area contributed by atoms with E-state index in [0.717, 1.165) is 17.9 Å². The van der Waals surface area contributed by atoms with Crippen molar-refractivity contribution in [1.82, 2.24) is 5.32 Å². The van der Waals surface area contributed by atoms with Crippen LogP contribution in [0.5, 0.6) is 0 Å². The molecule has 0 radical (unpaired) electrons. The van der Waals surface area contributed by atoms with Crippen molar-refractivity contribution in [2.75, 3.05) is 5.75 Å². The molecule has 98 valence electrons. The van der Waals surface area contributed by atoms with Gasteiger partial charge in [-0.05, 0) is 30.6 Å². The highest BCUT2D eigenvalue weighted by Gasteiger charge is 2.26. The van der Waals surface area contributed by atoms with Crippen LogP contribution in [0.3, 0.4) is 0 Å². The predicted octanol–water partition coefficient (Wildman–Crippen LogP) is 1.92. The van der Waals surface area contributed by atoms with E-state index < -0.39 is 0 Å². The summed E-state index contributed by atoms with van der Waals surface area (Å²) in [6.45, 7) is 0. The lowest BCUT2D eigenvalue weighted by Gasteiger charge is -2.14. The minimum atomic E-state index is -0.220. The Bertz CT molecular complexity index is 379. The van der Waals surface area contributed by atoms with E-state index in [1.807, 2.05) is 17.8 Å². The van der Waals surface area contributed by atoms with Crippen LogP contribution in [0.2, 0.25) is 0 Å². The van der Waals surface area contributed by atoms with E-state index >= 15 is 0 Å². The van der Waals surface area contributed by atoms with Crippen LogP contribution in [0.15, 0.2) is 30.3 Å². The van der Waals surface area contributed by atoms with Gasteiger partial charge in [0.15, 0.2) is 0 Å². The Hall–Kier alpha value is -1.00. The van der Waals surface area contributed by atoms with Gasteiger partial charge in [-0.25, -0.2) is 0 Å². The van der Waals surface area contributed by atoms with Crippen LogP contribution in [0.1, 0.15) is 24.8 Å². The standard InChI is InChI=1S/C14H20N2OS/c15-14(17)13(16-12-6-7-12)8-9-18-10-11-4-2-1-3-5-11/h1-5,12-13,16H,6-10H2,(H2,15,17). The fourth-order valence-electron chi connectivity index (χ4n) is 1.81. The first-order valence-corrected chi connectivity index (χ1v) is 7.58. The third kappa shape index (κ3) is 4.70. The molecule has 1 fully saturated rings. The molecule has 3 N–H and O–H groups in total. The quantitative estimate of drug-likeness (QED) is 0.705. The van der Waals surface area contributed by atoms with Crippen LogP contribution >= 0.6 is 11.8 Å². The highest BCUT2D eigenvalue weighted by atomic mass is 32.2. The molecule has 0 aromatic heterocycles. The zero-order valence-corrected chi connectivity index (χ0v) is 11.3. The summed E-state index contributed by atoms with van der Waals surface area (Å²) in [6, 6.07) is 10.8. The van der Waals surface area contributed by atoms with E-state index in [4.69, 9.17) is 5.73 Å². The number of nitrogens with two attached hydrogens (primary N) is 1. The summed E-state index contributed by atoms with van der Waals surface area (Å²) in [4.78, 5) is 11.3. The molecule has 1 saturated carbocycles. The molecule has 1 amide bonds. The molecule has 0 aliphatic heterocycles. The maximum atomic E-state index is 11.3. The Morgan fingerprint density at radius 3 is 2.72 bits per heavy atom. The monoisotopic (exact) mass is 264 g/mol. The Kier molecular flexibility index (Phi) is 5.08. The fraction of sp³-hybridized carbons (Fsp3) is 0.500. The van der Waals surface area contributed by atoms with Crippen molar-refractivity contribution in [1.29, 1.82) is 0 Å². The lowest BCUT2D eigenvalue weighted by Crippen LogP contribution is -2.42. The summed E-state index contributed by atoms with van der Waals surface area (Å²) >= 11 is 1.85. The molecule has 1 aromatic carbocycles. The molecule has 1 atom stereocenters. The van der Waals surface area contributed by atoms with Crippen LogP contribution in [0.4, 0.5) is 0 Å². The third-order valence-corrected chi connectivity index (χ3v) is 4.08. The first kappa shape index (κ1) is 13.4. The van der Waals surface area contributed by atoms with Gasteiger partial charge in [0.1, 0.15) is 0 Å². The average molecular weight is 264 g/mol. The molecule has 0 saturated heterocycles. The molecule has 18 heavy (non-hydrogen) atoms. The summed E-state index contributed by atoms with van der Waals surface area (Å²) in [7, 11) is 0. The number of thioether (sulfide) groups is 1. The van der Waals surface area contributed by atoms with Gasteiger partial charge in [-0.3, -0.25) is 4.79 Å². The first-order valence-electron chi connectivity index (χ1n) is 6.43. The number of amides is 1. The smallest absolute Gasteiger partial charge is 0.234 e. The van der Waals surface area contributed by atoms with Gasteiger partial charge in [-0.15, -0.1) is 0 Å². The van der Waals surface area contributed by atoms with E-state index in [2.05, 4.69) is 29.6 Å². The van der Waals surface area contributed by atoms with E-state index in [9.17, 15) is 4.79 Å². The largest absolute Gasteiger partial charge is 0.368 e. The molecule has 0 spiro atoms. The van der Waals surface area contributed by atoms with Gasteiger partial charge in [-0.2, -0.15) is 11.8 Å². The van der Waals surface area contributed by atoms with Crippen molar-refractivity contribution < 1.29 is 4.79 Å². The Labute approximate surface area is 113 Å². The SMILES string of the molecule is NC(=O)C(CCSCc1ccccc1)NC1CC1. The Morgan fingerprint density at radius 1 is 1.39 bits per heavy atom. The topological polar surface area (TPSA) is 55.1 Å². The van der Waals surface area contributed by atoms with E-state index in [0.29, 0.717) is 6.04 Å². The molecule has 0 bridgehead atoms. The number of benzene rings is 1. The summed E-state index contributed by atoms with van der Waals surface area (Å²) in [5.74, 6) is 1.74. The lowest BCUT2D eigenvalue weighted by atomic mass is 10.2. The molecule has 2 rings (SSSR count). The zero-order valence-electron chi connectivity index (χ0n) is 10.5. The summed E-state index contributed by atoms with van der Waals surface area (Å²) in [5, 5.41) is 3.30. The summed E-state index contributed by atoms with van der Waals surface area (Å²) in [5.41, 5.74) is 6.72. The number of carbonyl (C=O) groups excluding carboxylic acids is 1. The first-order chi connectivity index (χ1) is 8.75. The number of nitrogens with one attached hydrogen (secondary N) is 1. The molecule has 1 aliphatic carbocycles. The van der Waals surface area contributed by atoms with Gasteiger partial charge in [-0.1, -0.05) is 30.3 Å². The predicted molar refractivity (Wildman–Crippen MR) is 76.4 cm³/mol. The van der Waals surface area contributed by atoms with Crippen molar-refractivity contribution in [3.63, 3.8) is 0 Å². The van der Waals surface area contributed by atoms with Crippen LogP contribution in [0.25, 0.3) is 0 Å². The molecular formula is C14H20N2OS. The average Bonchev–Trinajstić information content (AvgIpc) is 3.18. The van der Waals surface area contributed by atoms with Gasteiger partial charge < -0.3 is 11.1 Å². The van der Waals surface area contributed by atoms with Crippen LogP contribution < -0.4 is 11.1 Å². The molecule has 0 heterocycles. The molecule has 1 aliphatic rings. The second-order valence-corrected chi connectivity index (χ2v) is 5.83. The number of hydrogen-bond acceptors (Lipinski definition) is 3. The normalized spacial score (nSPS) is 16.4. The highest BCUT2D eigenvalue weighted by Crippen LogP contribution is 2.20. The van der Waals surface area contributed by atoms with Crippen molar-refractivity contribution >= 4 is 17.7 Å². The van der Waals surface area contributed by atoms with Crippen LogP contribution in [-0.2, 0) is 10.5 Å². The van der Waals surface area contributed by atoms with Gasteiger partial charge in [0.25, 0.3) is 0 Å². The fourth-order valence-corrected chi connectivity index (χ4v) is 2.78. The van der Waals surface area contributed by atoms with Crippen molar-refractivity contribution in [2.45, 2.75) is 37.1 Å². The molecule has 1 unspecified atom stereocenters. The lowest BCUT2D eigenvalue weighted by molar-refractivity contribution is -0.120. The number of carbonyl (C=O) groups is 1. The minimum absolute atomic E-state index is 0.152. The van der Waals surface area contributed by atoms with Gasteiger partial charge in [0.2, 0.25) is 5.91 Å². The number of rotatable bonds is 8. The van der Waals surface area contributed by atoms with Crippen molar-refractivity contribution in [2.24, 2.45) is 5.73 Å². The van der Waals surface area contributed by atoms with Gasteiger partial charge >= 0.3 is 0 Å². The maximum Gasteiger partial charge on any atom is 0.234 e. The minimum Gasteiger partial charge on any atom is -0.368 e. The van der Waals surface area contributed by atoms with Crippen LogP contribution in [0, 0.1) is 0 Å². The second kappa shape index (κ2) is 6.81. The van der Waals surface area contributed by atoms with Gasteiger partial charge in [0.05, 0.1) is 6.04 Å². The molecule has 1 aromatic rings. The molecular weight excluding hydrogens is 244 g/mol. The van der Waals surface area contributed by atoms with Crippen molar-refractivity contribution in [3.8, 4) is 0 Å². The van der Waals surface area contributed by atoms with E-state index in [1.165, 1.54) is 18.4 Å². The number of hydrogen-bond donors (Lipinski definition) is 2. The van der Waals surface area contributed by atoms with Crippen LogP contribution in [-0.4, -0.2) is 23.7 Å². The molecule has 4 heteroatoms. The molecule has 3 nitrogen and oxygen atoms in total. The highest BCUT2D eigenvalue weighted by molar-refractivity contribution is 7.98. The second-order valence-electron chi connectivity index (χ2n) is 4.72. The van der Waals surface area contributed by atoms with E-state index in [1.54, 1.807) is 0 Å². The van der Waals surface area contributed by atoms with Crippen molar-refractivity contribution in [3.05, 3.63) is 35.9 Å². The van der Waals surface area contributed by atoms with E-state index in [-0.39, 0.29) is 11.9 Å². The summed E-state index contributed by atoms with van der Waals surface area (Å²) in [6.07, 6.45) is 3.19. The Morgan fingerprint density at radius 2 is 2.11 bits per heavy atom. The zero-order chi connectivity index (χ0) is 12.8. The maximum absolute atomic E-state index is 11.3.